The zero-order valence-corrected chi connectivity index (χ0v) is 18.4. The Balaban J connectivity index is 1.60. The summed E-state index contributed by atoms with van der Waals surface area (Å²) < 4.78 is 36.1. The molecule has 1 aliphatic heterocycles. The van der Waals surface area contributed by atoms with Crippen molar-refractivity contribution >= 4 is 21.8 Å². The quantitative estimate of drug-likeness (QED) is 0.365. The summed E-state index contributed by atoms with van der Waals surface area (Å²) in [5, 5.41) is 7.46. The van der Waals surface area contributed by atoms with Gasteiger partial charge in [-0.05, 0) is 29.7 Å². The topological polar surface area (TPSA) is 123 Å². The smallest absolute Gasteiger partial charge is 0.307 e. The van der Waals surface area contributed by atoms with E-state index >= 15 is 0 Å². The average Bonchev–Trinajstić information content (AvgIpc) is 3.15. The molecule has 3 rings (SSSR count). The van der Waals surface area contributed by atoms with Crippen molar-refractivity contribution in [2.24, 2.45) is 11.7 Å². The van der Waals surface area contributed by atoms with Crippen molar-refractivity contribution < 1.29 is 22.7 Å². The number of sulfonamides is 1. The lowest BCUT2D eigenvalue weighted by molar-refractivity contribution is -0.141. The molecule has 8 nitrogen and oxygen atoms in total. The Labute approximate surface area is 182 Å². The lowest BCUT2D eigenvalue weighted by atomic mass is 10.0. The standard InChI is InChI=1S/C22H27N3O5S/c1-29-21(26)12-19-11-15(13-25(19)31(2,27)28)14-30-20-9-7-17(8-10-20)16-3-5-18(6-4-16)22(23)24/h3-10,15,19H,11-14H2,1-2H3,(H3,23,24)/t15-,19+/m1/s1. The van der Waals surface area contributed by atoms with Crippen LogP contribution in [-0.2, 0) is 19.6 Å². The second-order valence-electron chi connectivity index (χ2n) is 7.69. The minimum absolute atomic E-state index is 0.0109. The SMILES string of the molecule is COC(=O)C[C@@H]1C[C@@H](COc2ccc(-c3ccc(C(=N)N)cc3)cc2)CN1S(C)(=O)=O. The van der Waals surface area contributed by atoms with E-state index < -0.39 is 22.0 Å². The first-order valence-electron chi connectivity index (χ1n) is 9.88. The minimum Gasteiger partial charge on any atom is -0.493 e. The molecule has 0 amide bonds. The van der Waals surface area contributed by atoms with Crippen LogP contribution in [0.3, 0.4) is 0 Å². The van der Waals surface area contributed by atoms with Gasteiger partial charge in [-0.15, -0.1) is 0 Å². The number of amidine groups is 1. The zero-order valence-electron chi connectivity index (χ0n) is 17.6. The number of nitrogens with two attached hydrogens (primary N) is 1. The van der Waals surface area contributed by atoms with Crippen LogP contribution in [0.15, 0.2) is 48.5 Å². The molecular weight excluding hydrogens is 418 g/mol. The third kappa shape index (κ3) is 5.83. The number of ether oxygens (including phenoxy) is 2. The van der Waals surface area contributed by atoms with E-state index in [9.17, 15) is 13.2 Å². The van der Waals surface area contributed by atoms with Gasteiger partial charge in [-0.25, -0.2) is 8.42 Å². The van der Waals surface area contributed by atoms with Crippen LogP contribution in [0.25, 0.3) is 11.1 Å². The number of carbonyl (C=O) groups excluding carboxylic acids is 1. The van der Waals surface area contributed by atoms with E-state index in [1.807, 2.05) is 36.4 Å². The highest BCUT2D eigenvalue weighted by Crippen LogP contribution is 2.29. The van der Waals surface area contributed by atoms with Gasteiger partial charge in [0.05, 0.1) is 26.4 Å². The number of esters is 1. The highest BCUT2D eigenvalue weighted by Gasteiger charge is 2.39. The molecule has 1 saturated heterocycles. The van der Waals surface area contributed by atoms with Gasteiger partial charge in [0.2, 0.25) is 10.0 Å². The second-order valence-corrected chi connectivity index (χ2v) is 9.63. The largest absolute Gasteiger partial charge is 0.493 e. The summed E-state index contributed by atoms with van der Waals surface area (Å²) in [5.74, 6) is 0.284. The van der Waals surface area contributed by atoms with Gasteiger partial charge in [0, 0.05) is 24.1 Å². The average molecular weight is 446 g/mol. The second kappa shape index (κ2) is 9.49. The molecular formula is C22H27N3O5S. The van der Waals surface area contributed by atoms with E-state index in [1.165, 1.54) is 11.4 Å². The predicted molar refractivity (Wildman–Crippen MR) is 118 cm³/mol. The fourth-order valence-corrected chi connectivity index (χ4v) is 4.95. The molecule has 2 atom stereocenters. The summed E-state index contributed by atoms with van der Waals surface area (Å²) in [6, 6.07) is 14.6. The highest BCUT2D eigenvalue weighted by atomic mass is 32.2. The lowest BCUT2D eigenvalue weighted by Crippen LogP contribution is -2.36. The maximum Gasteiger partial charge on any atom is 0.307 e. The van der Waals surface area contributed by atoms with Crippen LogP contribution < -0.4 is 10.5 Å². The molecule has 1 aliphatic rings. The summed E-state index contributed by atoms with van der Waals surface area (Å²) in [4.78, 5) is 11.6. The van der Waals surface area contributed by atoms with Crippen molar-refractivity contribution in [1.82, 2.24) is 4.31 Å². The number of benzene rings is 2. The van der Waals surface area contributed by atoms with Crippen molar-refractivity contribution in [2.45, 2.75) is 18.9 Å². The normalized spacial score (nSPS) is 19.2. The molecule has 0 saturated carbocycles. The molecule has 2 aromatic rings. The summed E-state index contributed by atoms with van der Waals surface area (Å²) in [5.41, 5.74) is 8.17. The monoisotopic (exact) mass is 445 g/mol. The number of nitrogen functional groups attached to an aromatic ring is 1. The molecule has 0 bridgehead atoms. The number of rotatable bonds is 8. The number of nitrogens with zero attached hydrogens (tertiary/aromatic N) is 1. The van der Waals surface area contributed by atoms with Crippen LogP contribution in [-0.4, -0.2) is 57.1 Å². The molecule has 9 heteroatoms. The summed E-state index contributed by atoms with van der Waals surface area (Å²) in [6.45, 7) is 0.678. The van der Waals surface area contributed by atoms with Gasteiger partial charge in [-0.3, -0.25) is 10.2 Å². The van der Waals surface area contributed by atoms with Crippen LogP contribution in [0.4, 0.5) is 0 Å². The van der Waals surface area contributed by atoms with E-state index in [2.05, 4.69) is 0 Å². The number of hydrogen-bond acceptors (Lipinski definition) is 6. The Morgan fingerprint density at radius 1 is 1.13 bits per heavy atom. The molecule has 0 unspecified atom stereocenters. The van der Waals surface area contributed by atoms with Gasteiger partial charge < -0.3 is 15.2 Å². The molecule has 1 fully saturated rings. The molecule has 2 aromatic carbocycles. The van der Waals surface area contributed by atoms with Crippen molar-refractivity contribution in [3.63, 3.8) is 0 Å². The van der Waals surface area contributed by atoms with Crippen molar-refractivity contribution in [1.29, 1.82) is 5.41 Å². The number of carbonyl (C=O) groups is 1. The Morgan fingerprint density at radius 3 is 2.23 bits per heavy atom. The van der Waals surface area contributed by atoms with E-state index in [0.717, 1.165) is 17.4 Å². The highest BCUT2D eigenvalue weighted by molar-refractivity contribution is 7.88. The van der Waals surface area contributed by atoms with Gasteiger partial charge in [0.1, 0.15) is 11.6 Å². The molecule has 166 valence electrons. The Kier molecular flexibility index (Phi) is 6.97. The van der Waals surface area contributed by atoms with Crippen LogP contribution in [0.2, 0.25) is 0 Å². The van der Waals surface area contributed by atoms with E-state index in [4.69, 9.17) is 20.6 Å². The van der Waals surface area contributed by atoms with Crippen LogP contribution in [0.1, 0.15) is 18.4 Å². The van der Waals surface area contributed by atoms with E-state index in [-0.39, 0.29) is 18.2 Å². The Hall–Kier alpha value is -2.91. The molecule has 0 spiro atoms. The fourth-order valence-electron chi connectivity index (χ4n) is 3.77. The maximum atomic E-state index is 12.1. The van der Waals surface area contributed by atoms with E-state index in [0.29, 0.717) is 30.9 Å². The maximum absolute atomic E-state index is 12.1. The van der Waals surface area contributed by atoms with Crippen LogP contribution in [0.5, 0.6) is 5.75 Å². The van der Waals surface area contributed by atoms with Crippen LogP contribution in [0, 0.1) is 11.3 Å². The Bertz CT molecular complexity index is 1040. The number of nitrogens with one attached hydrogen (secondary N) is 1. The van der Waals surface area contributed by atoms with Gasteiger partial charge in [-0.1, -0.05) is 36.4 Å². The van der Waals surface area contributed by atoms with Crippen molar-refractivity contribution in [2.75, 3.05) is 26.5 Å². The van der Waals surface area contributed by atoms with Gasteiger partial charge in [0.25, 0.3) is 0 Å². The van der Waals surface area contributed by atoms with Gasteiger partial charge in [-0.2, -0.15) is 4.31 Å². The fraction of sp³-hybridized carbons (Fsp3) is 0.364. The minimum atomic E-state index is -3.42. The first-order chi connectivity index (χ1) is 14.7. The molecule has 0 radical (unpaired) electrons. The predicted octanol–water partition coefficient (Wildman–Crippen LogP) is 2.23. The first-order valence-corrected chi connectivity index (χ1v) is 11.7. The summed E-state index contributed by atoms with van der Waals surface area (Å²) in [6.07, 6.45) is 1.74. The molecule has 0 aromatic heterocycles. The third-order valence-corrected chi connectivity index (χ3v) is 6.68. The van der Waals surface area contributed by atoms with Crippen molar-refractivity contribution in [3.05, 3.63) is 54.1 Å². The molecule has 1 heterocycles. The molecule has 0 aliphatic carbocycles. The van der Waals surface area contributed by atoms with Crippen LogP contribution >= 0.6 is 0 Å². The van der Waals surface area contributed by atoms with E-state index in [1.54, 1.807) is 12.1 Å². The van der Waals surface area contributed by atoms with Gasteiger partial charge >= 0.3 is 5.97 Å². The molecule has 31 heavy (non-hydrogen) atoms. The lowest BCUT2D eigenvalue weighted by Gasteiger charge is -2.20. The summed E-state index contributed by atoms with van der Waals surface area (Å²) >= 11 is 0. The molecule has 3 N–H and O–H groups in total. The van der Waals surface area contributed by atoms with Gasteiger partial charge in [0.15, 0.2) is 0 Å². The zero-order chi connectivity index (χ0) is 22.6. The first kappa shape index (κ1) is 22.8. The van der Waals surface area contributed by atoms with Crippen molar-refractivity contribution in [3.8, 4) is 16.9 Å². The summed E-state index contributed by atoms with van der Waals surface area (Å²) in [7, 11) is -2.12. The number of hydrogen-bond donors (Lipinski definition) is 2. The number of methoxy groups -OCH3 is 1. The third-order valence-electron chi connectivity index (χ3n) is 5.38. The Morgan fingerprint density at radius 2 is 1.71 bits per heavy atom.